The Balaban J connectivity index is 2.11. The number of pyridine rings is 1. The minimum atomic E-state index is 0.404. The summed E-state index contributed by atoms with van der Waals surface area (Å²) in [6.07, 6.45) is 1.85. The van der Waals surface area contributed by atoms with Gasteiger partial charge in [-0.25, -0.2) is 0 Å². The van der Waals surface area contributed by atoms with Crippen molar-refractivity contribution in [1.82, 2.24) is 10.3 Å². The SMILES string of the molecule is CC1CSC(c2ccccn2)N1. The molecule has 2 unspecified atom stereocenters. The second-order valence-corrected chi connectivity index (χ2v) is 4.17. The second kappa shape index (κ2) is 3.46. The third-order valence-electron chi connectivity index (χ3n) is 1.91. The summed E-state index contributed by atoms with van der Waals surface area (Å²) in [7, 11) is 0. The van der Waals surface area contributed by atoms with E-state index in [2.05, 4.69) is 23.3 Å². The summed E-state index contributed by atoms with van der Waals surface area (Å²) >= 11 is 1.93. The number of hydrogen-bond acceptors (Lipinski definition) is 3. The van der Waals surface area contributed by atoms with Gasteiger partial charge in [-0.3, -0.25) is 10.3 Å². The zero-order chi connectivity index (χ0) is 8.39. The van der Waals surface area contributed by atoms with Crippen LogP contribution in [0.3, 0.4) is 0 Å². The van der Waals surface area contributed by atoms with Gasteiger partial charge in [0, 0.05) is 18.0 Å². The molecule has 64 valence electrons. The molecule has 0 bridgehead atoms. The van der Waals surface area contributed by atoms with Crippen molar-refractivity contribution in [3.05, 3.63) is 30.1 Å². The van der Waals surface area contributed by atoms with Crippen molar-refractivity contribution in [1.29, 1.82) is 0 Å². The lowest BCUT2D eigenvalue weighted by molar-refractivity contribution is 0.610. The van der Waals surface area contributed by atoms with Crippen LogP contribution in [0.4, 0.5) is 0 Å². The maximum atomic E-state index is 4.31. The van der Waals surface area contributed by atoms with Gasteiger partial charge in [0.1, 0.15) is 0 Å². The Kier molecular flexibility index (Phi) is 2.33. The lowest BCUT2D eigenvalue weighted by Gasteiger charge is -2.08. The molecule has 1 aliphatic rings. The van der Waals surface area contributed by atoms with E-state index < -0.39 is 0 Å². The van der Waals surface area contributed by atoms with E-state index in [4.69, 9.17) is 0 Å². The van der Waals surface area contributed by atoms with E-state index in [0.717, 1.165) is 5.69 Å². The van der Waals surface area contributed by atoms with E-state index in [-0.39, 0.29) is 0 Å². The largest absolute Gasteiger partial charge is 0.297 e. The molecule has 1 aromatic rings. The summed E-state index contributed by atoms with van der Waals surface area (Å²) in [6.45, 7) is 2.20. The molecule has 2 nitrogen and oxygen atoms in total. The highest BCUT2D eigenvalue weighted by Crippen LogP contribution is 2.30. The van der Waals surface area contributed by atoms with Crippen molar-refractivity contribution in [2.75, 3.05) is 5.75 Å². The molecule has 3 heteroatoms. The van der Waals surface area contributed by atoms with Crippen molar-refractivity contribution < 1.29 is 0 Å². The molecule has 1 N–H and O–H groups in total. The molecule has 0 spiro atoms. The Labute approximate surface area is 76.8 Å². The highest BCUT2D eigenvalue weighted by molar-refractivity contribution is 7.99. The molecule has 0 aliphatic carbocycles. The molecule has 2 atom stereocenters. The molecule has 0 radical (unpaired) electrons. The van der Waals surface area contributed by atoms with Crippen LogP contribution in [0.25, 0.3) is 0 Å². The summed E-state index contributed by atoms with van der Waals surface area (Å²) in [5.74, 6) is 1.18. The van der Waals surface area contributed by atoms with E-state index in [9.17, 15) is 0 Å². The number of nitrogens with one attached hydrogen (secondary N) is 1. The number of rotatable bonds is 1. The van der Waals surface area contributed by atoms with E-state index >= 15 is 0 Å². The van der Waals surface area contributed by atoms with Gasteiger partial charge in [0.25, 0.3) is 0 Å². The van der Waals surface area contributed by atoms with Crippen LogP contribution in [0.2, 0.25) is 0 Å². The maximum Gasteiger partial charge on any atom is 0.0964 e. The van der Waals surface area contributed by atoms with Crippen LogP contribution >= 0.6 is 11.8 Å². The van der Waals surface area contributed by atoms with Gasteiger partial charge in [-0.15, -0.1) is 11.8 Å². The van der Waals surface area contributed by atoms with Gasteiger partial charge in [-0.1, -0.05) is 6.07 Å². The molecule has 1 aliphatic heterocycles. The molecule has 1 saturated heterocycles. The number of thioether (sulfide) groups is 1. The third-order valence-corrected chi connectivity index (χ3v) is 3.31. The zero-order valence-corrected chi connectivity index (χ0v) is 7.84. The van der Waals surface area contributed by atoms with E-state index in [1.54, 1.807) is 0 Å². The average molecular weight is 180 g/mol. The smallest absolute Gasteiger partial charge is 0.0964 e. The van der Waals surface area contributed by atoms with Crippen LogP contribution in [0.15, 0.2) is 24.4 Å². The number of nitrogens with zero attached hydrogens (tertiary/aromatic N) is 1. The molecule has 0 saturated carbocycles. The Bertz CT molecular complexity index is 250. The average Bonchev–Trinajstić information content (AvgIpc) is 2.54. The first-order chi connectivity index (χ1) is 5.86. The van der Waals surface area contributed by atoms with Gasteiger partial charge in [-0.2, -0.15) is 0 Å². The first-order valence-electron chi connectivity index (χ1n) is 4.15. The number of hydrogen-bond donors (Lipinski definition) is 1. The van der Waals surface area contributed by atoms with Crippen LogP contribution in [0.5, 0.6) is 0 Å². The van der Waals surface area contributed by atoms with Crippen molar-refractivity contribution in [3.8, 4) is 0 Å². The van der Waals surface area contributed by atoms with Crippen molar-refractivity contribution in [3.63, 3.8) is 0 Å². The maximum absolute atomic E-state index is 4.31. The van der Waals surface area contributed by atoms with Crippen molar-refractivity contribution in [2.24, 2.45) is 0 Å². The summed E-state index contributed by atoms with van der Waals surface area (Å²) < 4.78 is 0. The van der Waals surface area contributed by atoms with Gasteiger partial charge in [0.15, 0.2) is 0 Å². The Hall–Kier alpha value is -0.540. The highest BCUT2D eigenvalue weighted by Gasteiger charge is 2.22. The zero-order valence-electron chi connectivity index (χ0n) is 7.03. The molecule has 12 heavy (non-hydrogen) atoms. The predicted molar refractivity (Wildman–Crippen MR) is 52.0 cm³/mol. The fourth-order valence-corrected chi connectivity index (χ4v) is 2.51. The van der Waals surface area contributed by atoms with Gasteiger partial charge in [0.2, 0.25) is 0 Å². The molecular formula is C9H12N2S. The summed E-state index contributed by atoms with van der Waals surface area (Å²) in [5, 5.41) is 3.87. The van der Waals surface area contributed by atoms with Crippen LogP contribution in [0, 0.1) is 0 Å². The molecule has 1 aromatic heterocycles. The normalized spacial score (nSPS) is 29.1. The molecule has 2 heterocycles. The quantitative estimate of drug-likeness (QED) is 0.713. The molecule has 0 amide bonds. The van der Waals surface area contributed by atoms with E-state index in [0.29, 0.717) is 11.4 Å². The first-order valence-corrected chi connectivity index (χ1v) is 5.20. The van der Waals surface area contributed by atoms with Gasteiger partial charge >= 0.3 is 0 Å². The fraction of sp³-hybridized carbons (Fsp3) is 0.444. The lowest BCUT2D eigenvalue weighted by Crippen LogP contribution is -2.22. The topological polar surface area (TPSA) is 24.9 Å². The molecule has 0 aromatic carbocycles. The van der Waals surface area contributed by atoms with E-state index in [1.165, 1.54) is 5.75 Å². The van der Waals surface area contributed by atoms with Gasteiger partial charge < -0.3 is 0 Å². The summed E-state index contributed by atoms with van der Waals surface area (Å²) in [6, 6.07) is 6.67. The minimum absolute atomic E-state index is 0.404. The van der Waals surface area contributed by atoms with Crippen molar-refractivity contribution >= 4 is 11.8 Å². The fourth-order valence-electron chi connectivity index (χ4n) is 1.30. The summed E-state index contributed by atoms with van der Waals surface area (Å²) in [4.78, 5) is 4.31. The van der Waals surface area contributed by atoms with Crippen LogP contribution in [0.1, 0.15) is 18.0 Å². The van der Waals surface area contributed by atoms with Crippen molar-refractivity contribution in [2.45, 2.75) is 18.3 Å². The van der Waals surface area contributed by atoms with Crippen LogP contribution in [-0.2, 0) is 0 Å². The lowest BCUT2D eigenvalue weighted by atomic mass is 10.3. The highest BCUT2D eigenvalue weighted by atomic mass is 32.2. The standard InChI is InChI=1S/C9H12N2S/c1-7-6-12-9(11-7)8-4-2-3-5-10-8/h2-5,7,9,11H,6H2,1H3. The first kappa shape index (κ1) is 8.08. The van der Waals surface area contributed by atoms with Crippen LogP contribution < -0.4 is 5.32 Å². The van der Waals surface area contributed by atoms with Gasteiger partial charge in [0.05, 0.1) is 11.1 Å². The second-order valence-electron chi connectivity index (χ2n) is 3.04. The Morgan fingerprint density at radius 1 is 1.58 bits per heavy atom. The van der Waals surface area contributed by atoms with E-state index in [1.807, 2.05) is 30.1 Å². The van der Waals surface area contributed by atoms with Crippen LogP contribution in [-0.4, -0.2) is 16.8 Å². The Morgan fingerprint density at radius 3 is 3.08 bits per heavy atom. The number of aromatic nitrogens is 1. The minimum Gasteiger partial charge on any atom is -0.297 e. The molecular weight excluding hydrogens is 168 g/mol. The summed E-state index contributed by atoms with van der Waals surface area (Å²) in [5.41, 5.74) is 1.15. The Morgan fingerprint density at radius 2 is 2.50 bits per heavy atom. The predicted octanol–water partition coefficient (Wildman–Crippen LogP) is 1.81. The monoisotopic (exact) mass is 180 g/mol. The molecule has 2 rings (SSSR count). The van der Waals surface area contributed by atoms with Gasteiger partial charge in [-0.05, 0) is 19.1 Å². The molecule has 1 fully saturated rings. The third kappa shape index (κ3) is 1.62.